The van der Waals surface area contributed by atoms with E-state index in [1.54, 1.807) is 13.8 Å². The molecule has 0 spiro atoms. The first-order chi connectivity index (χ1) is 8.99. The summed E-state index contributed by atoms with van der Waals surface area (Å²) in [5.41, 5.74) is -2.01. The van der Waals surface area contributed by atoms with E-state index in [0.717, 1.165) is 18.2 Å². The summed E-state index contributed by atoms with van der Waals surface area (Å²) in [5.74, 6) is 0. The molecular weight excluding hydrogens is 359 g/mol. The zero-order chi connectivity index (χ0) is 15.6. The van der Waals surface area contributed by atoms with Gasteiger partial charge in [-0.15, -0.1) is 0 Å². The van der Waals surface area contributed by atoms with Gasteiger partial charge < -0.3 is 0 Å². The highest BCUT2D eigenvalue weighted by Crippen LogP contribution is 2.34. The van der Waals surface area contributed by atoms with Crippen molar-refractivity contribution in [2.45, 2.75) is 36.9 Å². The van der Waals surface area contributed by atoms with Gasteiger partial charge in [-0.25, -0.2) is 13.1 Å². The highest BCUT2D eigenvalue weighted by atomic mass is 79.9. The predicted octanol–water partition coefficient (Wildman–Crippen LogP) is 3.55. The lowest BCUT2D eigenvalue weighted by molar-refractivity contribution is -0.139. The molecule has 3 nitrogen and oxygen atoms in total. The molecule has 0 fully saturated rings. The molecule has 114 valence electrons. The molecule has 0 aromatic heterocycles. The fraction of sp³-hybridized carbons (Fsp3) is 0.500. The second kappa shape index (κ2) is 6.03. The Morgan fingerprint density at radius 1 is 1.20 bits per heavy atom. The van der Waals surface area contributed by atoms with E-state index >= 15 is 0 Å². The van der Waals surface area contributed by atoms with Crippen molar-refractivity contribution < 1.29 is 21.6 Å². The summed E-state index contributed by atoms with van der Waals surface area (Å²) in [6.07, 6.45) is -4.27. The van der Waals surface area contributed by atoms with Crippen molar-refractivity contribution in [3.05, 3.63) is 29.8 Å². The average Bonchev–Trinajstić information content (AvgIpc) is 2.26. The first-order valence-corrected chi connectivity index (χ1v) is 8.36. The van der Waals surface area contributed by atoms with Crippen LogP contribution in [0.15, 0.2) is 29.2 Å². The number of hydrogen-bond acceptors (Lipinski definition) is 2. The largest absolute Gasteiger partial charge is 0.417 e. The van der Waals surface area contributed by atoms with Crippen LogP contribution in [0, 0.1) is 0 Å². The molecule has 1 aromatic carbocycles. The van der Waals surface area contributed by atoms with Gasteiger partial charge in [0.2, 0.25) is 10.0 Å². The van der Waals surface area contributed by atoms with Crippen LogP contribution in [0.1, 0.15) is 25.8 Å². The maximum absolute atomic E-state index is 12.9. The Kier molecular flexibility index (Phi) is 5.26. The highest BCUT2D eigenvalue weighted by molar-refractivity contribution is 9.09. The second-order valence-corrected chi connectivity index (χ2v) is 7.37. The van der Waals surface area contributed by atoms with Gasteiger partial charge in [-0.05, 0) is 32.4 Å². The quantitative estimate of drug-likeness (QED) is 0.802. The Labute approximate surface area is 124 Å². The minimum absolute atomic E-state index is 0.445. The molecule has 0 aliphatic heterocycles. The molecule has 0 aliphatic carbocycles. The van der Waals surface area contributed by atoms with Gasteiger partial charge in [0.1, 0.15) is 0 Å². The van der Waals surface area contributed by atoms with E-state index in [-0.39, 0.29) is 0 Å². The van der Waals surface area contributed by atoms with Crippen LogP contribution in [0.2, 0.25) is 0 Å². The maximum Gasteiger partial charge on any atom is 0.417 e. The van der Waals surface area contributed by atoms with E-state index in [9.17, 15) is 21.6 Å². The fourth-order valence-electron chi connectivity index (χ4n) is 1.64. The van der Waals surface area contributed by atoms with Crippen LogP contribution in [-0.2, 0) is 16.2 Å². The van der Waals surface area contributed by atoms with Crippen molar-refractivity contribution in [1.82, 2.24) is 4.72 Å². The molecule has 1 aromatic rings. The summed E-state index contributed by atoms with van der Waals surface area (Å²) in [6, 6.07) is 4.13. The first kappa shape index (κ1) is 17.5. The molecule has 0 unspecified atom stereocenters. The molecule has 0 atom stereocenters. The number of benzene rings is 1. The lowest BCUT2D eigenvalue weighted by Crippen LogP contribution is -2.44. The predicted molar refractivity (Wildman–Crippen MR) is 74.3 cm³/mol. The third-order valence-electron chi connectivity index (χ3n) is 2.61. The highest BCUT2D eigenvalue weighted by Gasteiger charge is 2.38. The van der Waals surface area contributed by atoms with Crippen LogP contribution in [-0.4, -0.2) is 19.3 Å². The Balaban J connectivity index is 3.24. The standard InChI is InChI=1S/C12H15BrF3NO2S/c1-11(2,7-8-13)17-20(18,19)10-6-4-3-5-9(10)12(14,15)16/h3-6,17H,7-8H2,1-2H3. The van der Waals surface area contributed by atoms with Crippen molar-refractivity contribution in [3.8, 4) is 0 Å². The second-order valence-electron chi connectivity index (χ2n) is 4.92. The van der Waals surface area contributed by atoms with Crippen LogP contribution in [0.4, 0.5) is 13.2 Å². The van der Waals surface area contributed by atoms with Crippen molar-refractivity contribution in [3.63, 3.8) is 0 Å². The number of rotatable bonds is 5. The number of hydrogen-bond donors (Lipinski definition) is 1. The monoisotopic (exact) mass is 373 g/mol. The van der Waals surface area contributed by atoms with Gasteiger partial charge in [-0.1, -0.05) is 28.1 Å². The molecule has 0 amide bonds. The topological polar surface area (TPSA) is 46.2 Å². The molecular formula is C12H15BrF3NO2S. The van der Waals surface area contributed by atoms with Crippen LogP contribution in [0.5, 0.6) is 0 Å². The number of sulfonamides is 1. The van der Waals surface area contributed by atoms with Gasteiger partial charge >= 0.3 is 6.18 Å². The number of nitrogens with one attached hydrogen (secondary N) is 1. The number of alkyl halides is 4. The van der Waals surface area contributed by atoms with E-state index in [1.807, 2.05) is 0 Å². The Hall–Kier alpha value is -0.600. The molecule has 0 heterocycles. The van der Waals surface area contributed by atoms with Crippen LogP contribution < -0.4 is 4.72 Å². The summed E-state index contributed by atoms with van der Waals surface area (Å²) < 4.78 is 65.2. The molecule has 0 aliphatic rings. The summed E-state index contributed by atoms with van der Waals surface area (Å²) in [7, 11) is -4.24. The lowest BCUT2D eigenvalue weighted by atomic mass is 10.0. The van der Waals surface area contributed by atoms with Gasteiger partial charge in [0, 0.05) is 10.9 Å². The van der Waals surface area contributed by atoms with Crippen molar-refractivity contribution in [2.24, 2.45) is 0 Å². The van der Waals surface area contributed by atoms with Crippen LogP contribution in [0.3, 0.4) is 0 Å². The van der Waals surface area contributed by atoms with E-state index < -0.39 is 32.2 Å². The normalized spacial score (nSPS) is 13.5. The third-order valence-corrected chi connectivity index (χ3v) is 4.76. The zero-order valence-electron chi connectivity index (χ0n) is 11.0. The fourth-order valence-corrected chi connectivity index (χ4v) is 4.30. The SMILES string of the molecule is CC(C)(CCBr)NS(=O)(=O)c1ccccc1C(F)(F)F. The minimum atomic E-state index is -4.72. The van der Waals surface area contributed by atoms with Crippen molar-refractivity contribution >= 4 is 26.0 Å². The Morgan fingerprint density at radius 2 is 1.75 bits per heavy atom. The van der Waals surface area contributed by atoms with Crippen LogP contribution in [0.25, 0.3) is 0 Å². The molecule has 8 heteroatoms. The molecule has 1 rings (SSSR count). The Morgan fingerprint density at radius 3 is 2.25 bits per heavy atom. The van der Waals surface area contributed by atoms with E-state index in [4.69, 9.17) is 0 Å². The summed E-state index contributed by atoms with van der Waals surface area (Å²) in [6.45, 7) is 3.23. The third kappa shape index (κ3) is 4.46. The van der Waals surface area contributed by atoms with Gasteiger partial charge in [0.25, 0.3) is 0 Å². The average molecular weight is 374 g/mol. The summed E-state index contributed by atoms with van der Waals surface area (Å²) in [5, 5.41) is 0.531. The van der Waals surface area contributed by atoms with Gasteiger partial charge in [0.15, 0.2) is 0 Å². The molecule has 0 bridgehead atoms. The van der Waals surface area contributed by atoms with Gasteiger partial charge in [-0.3, -0.25) is 0 Å². The van der Waals surface area contributed by atoms with E-state index in [1.165, 1.54) is 6.07 Å². The van der Waals surface area contributed by atoms with Gasteiger partial charge in [0.05, 0.1) is 10.5 Å². The van der Waals surface area contributed by atoms with E-state index in [2.05, 4.69) is 20.7 Å². The van der Waals surface area contributed by atoms with E-state index in [0.29, 0.717) is 11.8 Å². The summed E-state index contributed by atoms with van der Waals surface area (Å²) >= 11 is 3.18. The molecule has 1 N–H and O–H groups in total. The van der Waals surface area contributed by atoms with Crippen molar-refractivity contribution in [1.29, 1.82) is 0 Å². The molecule has 0 saturated heterocycles. The number of halogens is 4. The lowest BCUT2D eigenvalue weighted by Gasteiger charge is -2.26. The van der Waals surface area contributed by atoms with Crippen molar-refractivity contribution in [2.75, 3.05) is 5.33 Å². The zero-order valence-corrected chi connectivity index (χ0v) is 13.4. The first-order valence-electron chi connectivity index (χ1n) is 5.76. The molecule has 0 saturated carbocycles. The smallest absolute Gasteiger partial charge is 0.207 e. The molecule has 20 heavy (non-hydrogen) atoms. The van der Waals surface area contributed by atoms with Crippen LogP contribution >= 0.6 is 15.9 Å². The van der Waals surface area contributed by atoms with Gasteiger partial charge in [-0.2, -0.15) is 13.2 Å². The maximum atomic E-state index is 12.9. The summed E-state index contributed by atoms with van der Waals surface area (Å²) in [4.78, 5) is -0.754. The Bertz CT molecular complexity index is 570. The minimum Gasteiger partial charge on any atom is -0.207 e. The molecule has 0 radical (unpaired) electrons.